The fourth-order valence-corrected chi connectivity index (χ4v) is 3.76. The first-order chi connectivity index (χ1) is 11.2. The molecular weight excluding hydrogens is 290 g/mol. The third kappa shape index (κ3) is 3.93. The Morgan fingerprint density at radius 2 is 2.00 bits per heavy atom. The molecule has 6 nitrogen and oxygen atoms in total. The van der Waals surface area contributed by atoms with E-state index in [0.29, 0.717) is 17.9 Å². The van der Waals surface area contributed by atoms with Crippen molar-refractivity contribution in [2.24, 2.45) is 7.05 Å². The minimum atomic E-state index is 0.00408. The number of hydrogen-bond acceptors (Lipinski definition) is 5. The monoisotopic (exact) mass is 319 g/mol. The van der Waals surface area contributed by atoms with Crippen molar-refractivity contribution in [1.82, 2.24) is 19.8 Å². The van der Waals surface area contributed by atoms with Crippen LogP contribution >= 0.6 is 0 Å². The van der Waals surface area contributed by atoms with E-state index in [1.165, 1.54) is 32.4 Å². The Morgan fingerprint density at radius 3 is 2.74 bits per heavy atom. The number of piperidine rings is 2. The fraction of sp³-hybridized carbons (Fsp3) is 0.765. The summed E-state index contributed by atoms with van der Waals surface area (Å²) in [4.78, 5) is 21.3. The lowest BCUT2D eigenvalue weighted by Crippen LogP contribution is -2.53. The second-order valence-electron chi connectivity index (χ2n) is 6.83. The van der Waals surface area contributed by atoms with Gasteiger partial charge in [-0.1, -0.05) is 6.92 Å². The van der Waals surface area contributed by atoms with Gasteiger partial charge in [0.1, 0.15) is 0 Å². The van der Waals surface area contributed by atoms with Crippen molar-refractivity contribution in [3.63, 3.8) is 0 Å². The third-order valence-corrected chi connectivity index (χ3v) is 5.23. The standard InChI is InChI=1S/C17H29N5O/c1-3-21-10-6-14(7-11-21)19-15-5-4-9-22(13-15)16-17(23)20(2)12-8-18-16/h8,12,14-15,19H,3-7,9-11,13H2,1-2H3/t15-/m1/s1. The van der Waals surface area contributed by atoms with Gasteiger partial charge >= 0.3 is 0 Å². The predicted molar refractivity (Wildman–Crippen MR) is 93.0 cm³/mol. The maximum Gasteiger partial charge on any atom is 0.293 e. The fourth-order valence-electron chi connectivity index (χ4n) is 3.76. The quantitative estimate of drug-likeness (QED) is 0.891. The molecule has 1 N–H and O–H groups in total. The van der Waals surface area contributed by atoms with E-state index >= 15 is 0 Å². The molecule has 3 heterocycles. The highest BCUT2D eigenvalue weighted by Gasteiger charge is 2.26. The molecule has 1 atom stereocenters. The molecule has 0 aliphatic carbocycles. The molecule has 128 valence electrons. The molecule has 1 aromatic heterocycles. The highest BCUT2D eigenvalue weighted by atomic mass is 16.1. The Hall–Kier alpha value is -1.40. The lowest BCUT2D eigenvalue weighted by molar-refractivity contribution is 0.195. The van der Waals surface area contributed by atoms with Crippen LogP contribution in [0.5, 0.6) is 0 Å². The summed E-state index contributed by atoms with van der Waals surface area (Å²) in [6.07, 6.45) is 8.20. The lowest BCUT2D eigenvalue weighted by atomic mass is 10.00. The van der Waals surface area contributed by atoms with Gasteiger partial charge in [-0.15, -0.1) is 0 Å². The van der Waals surface area contributed by atoms with Crippen LogP contribution in [0.15, 0.2) is 17.2 Å². The van der Waals surface area contributed by atoms with Gasteiger partial charge in [-0.05, 0) is 45.3 Å². The minimum absolute atomic E-state index is 0.00408. The van der Waals surface area contributed by atoms with E-state index in [-0.39, 0.29) is 5.56 Å². The molecule has 2 aliphatic rings. The first kappa shape index (κ1) is 16.5. The molecule has 23 heavy (non-hydrogen) atoms. The van der Waals surface area contributed by atoms with Crippen LogP contribution in [-0.2, 0) is 7.05 Å². The van der Waals surface area contributed by atoms with Crippen molar-refractivity contribution in [2.45, 2.75) is 44.7 Å². The number of anilines is 1. The summed E-state index contributed by atoms with van der Waals surface area (Å²) >= 11 is 0. The van der Waals surface area contributed by atoms with E-state index < -0.39 is 0 Å². The van der Waals surface area contributed by atoms with Crippen LogP contribution in [0.2, 0.25) is 0 Å². The number of nitrogens with zero attached hydrogens (tertiary/aromatic N) is 4. The number of nitrogens with one attached hydrogen (secondary N) is 1. The van der Waals surface area contributed by atoms with E-state index in [2.05, 4.69) is 27.0 Å². The largest absolute Gasteiger partial charge is 0.350 e. The third-order valence-electron chi connectivity index (χ3n) is 5.23. The smallest absolute Gasteiger partial charge is 0.293 e. The van der Waals surface area contributed by atoms with Gasteiger partial charge in [0.05, 0.1) is 0 Å². The highest BCUT2D eigenvalue weighted by Crippen LogP contribution is 2.17. The number of hydrogen-bond donors (Lipinski definition) is 1. The van der Waals surface area contributed by atoms with Gasteiger partial charge in [-0.25, -0.2) is 4.98 Å². The number of rotatable bonds is 4. The molecule has 0 spiro atoms. The molecule has 0 bridgehead atoms. The molecule has 0 radical (unpaired) electrons. The summed E-state index contributed by atoms with van der Waals surface area (Å²) in [6.45, 7) is 7.61. The Bertz CT molecular complexity index is 564. The van der Waals surface area contributed by atoms with Crippen molar-refractivity contribution < 1.29 is 0 Å². The normalized spacial score (nSPS) is 24.1. The van der Waals surface area contributed by atoms with Crippen LogP contribution < -0.4 is 15.8 Å². The molecule has 0 amide bonds. The van der Waals surface area contributed by atoms with Gasteiger partial charge in [-0.3, -0.25) is 4.79 Å². The average molecular weight is 319 g/mol. The molecule has 0 saturated carbocycles. The van der Waals surface area contributed by atoms with Gasteiger partial charge in [-0.2, -0.15) is 0 Å². The molecule has 0 aromatic carbocycles. The number of aromatic nitrogens is 2. The summed E-state index contributed by atoms with van der Waals surface area (Å²) < 4.78 is 1.61. The zero-order valence-corrected chi connectivity index (χ0v) is 14.4. The van der Waals surface area contributed by atoms with Crippen LogP contribution in [0.4, 0.5) is 5.82 Å². The average Bonchev–Trinajstić information content (AvgIpc) is 2.58. The Labute approximate surface area is 138 Å². The minimum Gasteiger partial charge on any atom is -0.350 e. The molecule has 0 unspecified atom stereocenters. The molecule has 1 aromatic rings. The Balaban J connectivity index is 1.58. The van der Waals surface area contributed by atoms with E-state index in [1.54, 1.807) is 24.0 Å². The van der Waals surface area contributed by atoms with Crippen LogP contribution in [0, 0.1) is 0 Å². The van der Waals surface area contributed by atoms with Crippen LogP contribution in [0.25, 0.3) is 0 Å². The van der Waals surface area contributed by atoms with E-state index in [1.807, 2.05) is 0 Å². The predicted octanol–water partition coefficient (Wildman–Crippen LogP) is 0.823. The summed E-state index contributed by atoms with van der Waals surface area (Å²) in [6, 6.07) is 1.09. The molecule has 2 saturated heterocycles. The Morgan fingerprint density at radius 1 is 1.22 bits per heavy atom. The second kappa shape index (κ2) is 7.45. The van der Waals surface area contributed by atoms with Crippen molar-refractivity contribution in [2.75, 3.05) is 37.6 Å². The van der Waals surface area contributed by atoms with Crippen molar-refractivity contribution in [3.05, 3.63) is 22.7 Å². The van der Waals surface area contributed by atoms with Gasteiger partial charge in [0, 0.05) is 44.6 Å². The summed E-state index contributed by atoms with van der Waals surface area (Å²) in [7, 11) is 1.79. The van der Waals surface area contributed by atoms with Crippen molar-refractivity contribution in [3.8, 4) is 0 Å². The topological polar surface area (TPSA) is 53.4 Å². The van der Waals surface area contributed by atoms with Crippen molar-refractivity contribution >= 4 is 5.82 Å². The van der Waals surface area contributed by atoms with Gasteiger partial charge in [0.15, 0.2) is 5.82 Å². The first-order valence-corrected chi connectivity index (χ1v) is 8.92. The van der Waals surface area contributed by atoms with Crippen LogP contribution in [0.1, 0.15) is 32.6 Å². The lowest BCUT2D eigenvalue weighted by Gasteiger charge is -2.38. The summed E-state index contributed by atoms with van der Waals surface area (Å²) in [5.74, 6) is 0.599. The maximum absolute atomic E-state index is 12.3. The summed E-state index contributed by atoms with van der Waals surface area (Å²) in [5, 5.41) is 3.83. The molecule has 2 aliphatic heterocycles. The van der Waals surface area contributed by atoms with E-state index in [4.69, 9.17) is 0 Å². The van der Waals surface area contributed by atoms with Crippen LogP contribution in [-0.4, -0.2) is 59.3 Å². The Kier molecular flexibility index (Phi) is 5.33. The zero-order chi connectivity index (χ0) is 16.2. The van der Waals surface area contributed by atoms with E-state index in [9.17, 15) is 4.79 Å². The zero-order valence-electron chi connectivity index (χ0n) is 14.4. The van der Waals surface area contributed by atoms with Gasteiger partial charge < -0.3 is 19.7 Å². The van der Waals surface area contributed by atoms with E-state index in [0.717, 1.165) is 26.1 Å². The molecule has 6 heteroatoms. The molecule has 3 rings (SSSR count). The molecule has 2 fully saturated rings. The SMILES string of the molecule is CCN1CCC(N[C@@H]2CCCN(c3nccn(C)c3=O)C2)CC1. The highest BCUT2D eigenvalue weighted by molar-refractivity contribution is 5.36. The van der Waals surface area contributed by atoms with Gasteiger partial charge in [0.2, 0.25) is 0 Å². The molecular formula is C17H29N5O. The van der Waals surface area contributed by atoms with Gasteiger partial charge in [0.25, 0.3) is 5.56 Å². The second-order valence-corrected chi connectivity index (χ2v) is 6.83. The number of aryl methyl sites for hydroxylation is 1. The first-order valence-electron chi connectivity index (χ1n) is 8.92. The van der Waals surface area contributed by atoms with Crippen molar-refractivity contribution in [1.29, 1.82) is 0 Å². The summed E-state index contributed by atoms with van der Waals surface area (Å²) in [5.41, 5.74) is 0.00408. The van der Waals surface area contributed by atoms with Crippen LogP contribution in [0.3, 0.4) is 0 Å². The number of likely N-dealkylation sites (tertiary alicyclic amines) is 1. The maximum atomic E-state index is 12.3.